The molecule has 126 valence electrons. The number of aromatic carboxylic acids is 1. The van der Waals surface area contributed by atoms with Gasteiger partial charge in [-0.1, -0.05) is 18.2 Å². The summed E-state index contributed by atoms with van der Waals surface area (Å²) < 4.78 is 3.86. The molecule has 3 aromatic heterocycles. The first-order chi connectivity index (χ1) is 12.0. The molecule has 0 spiro atoms. The van der Waals surface area contributed by atoms with E-state index in [9.17, 15) is 9.90 Å². The van der Waals surface area contributed by atoms with Crippen molar-refractivity contribution in [1.29, 1.82) is 0 Å². The third-order valence-electron chi connectivity index (χ3n) is 4.38. The van der Waals surface area contributed by atoms with E-state index in [4.69, 9.17) is 5.73 Å². The number of carboxylic acid groups (broad SMARTS) is 1. The SMILES string of the molecule is CC(C)n1cc(-n2cc(C(=O)O)c3ccccc32)c2c(N)ncnc21. The Morgan fingerprint density at radius 2 is 1.96 bits per heavy atom. The van der Waals surface area contributed by atoms with Gasteiger partial charge < -0.3 is 20.0 Å². The fourth-order valence-corrected chi connectivity index (χ4v) is 3.21. The minimum Gasteiger partial charge on any atom is -0.478 e. The molecule has 0 saturated heterocycles. The Hall–Kier alpha value is -3.35. The van der Waals surface area contributed by atoms with Crippen LogP contribution >= 0.6 is 0 Å². The van der Waals surface area contributed by atoms with Gasteiger partial charge in [-0.05, 0) is 19.9 Å². The van der Waals surface area contributed by atoms with Crippen LogP contribution in [0.4, 0.5) is 5.82 Å². The molecule has 7 nitrogen and oxygen atoms in total. The van der Waals surface area contributed by atoms with E-state index in [1.54, 1.807) is 12.3 Å². The molecule has 7 heteroatoms. The highest BCUT2D eigenvalue weighted by atomic mass is 16.4. The number of fused-ring (bicyclic) bond motifs is 2. The van der Waals surface area contributed by atoms with E-state index in [0.717, 1.165) is 16.9 Å². The molecule has 0 radical (unpaired) electrons. The lowest BCUT2D eigenvalue weighted by atomic mass is 10.2. The molecule has 0 bridgehead atoms. The van der Waals surface area contributed by atoms with E-state index in [0.29, 0.717) is 16.6 Å². The number of carbonyl (C=O) groups is 1. The lowest BCUT2D eigenvalue weighted by molar-refractivity contribution is 0.0699. The second kappa shape index (κ2) is 5.34. The molecule has 3 heterocycles. The van der Waals surface area contributed by atoms with Crippen LogP contribution < -0.4 is 5.73 Å². The number of anilines is 1. The molecule has 0 aliphatic rings. The molecule has 0 atom stereocenters. The average molecular weight is 335 g/mol. The second-order valence-corrected chi connectivity index (χ2v) is 6.21. The van der Waals surface area contributed by atoms with Crippen LogP contribution in [0, 0.1) is 0 Å². The van der Waals surface area contributed by atoms with Crippen LogP contribution in [0.25, 0.3) is 27.6 Å². The molecule has 0 unspecified atom stereocenters. The van der Waals surface area contributed by atoms with E-state index < -0.39 is 5.97 Å². The molecular formula is C18H17N5O2. The van der Waals surface area contributed by atoms with Gasteiger partial charge in [-0.25, -0.2) is 14.8 Å². The number of carboxylic acids is 1. The third kappa shape index (κ3) is 2.16. The molecule has 0 amide bonds. The van der Waals surface area contributed by atoms with Crippen molar-refractivity contribution in [2.75, 3.05) is 5.73 Å². The van der Waals surface area contributed by atoms with Crippen molar-refractivity contribution in [2.45, 2.75) is 19.9 Å². The van der Waals surface area contributed by atoms with E-state index in [-0.39, 0.29) is 11.6 Å². The molecule has 3 N–H and O–H groups in total. The van der Waals surface area contributed by atoms with Crippen LogP contribution in [0.5, 0.6) is 0 Å². The number of nitrogens with zero attached hydrogens (tertiary/aromatic N) is 4. The molecule has 25 heavy (non-hydrogen) atoms. The van der Waals surface area contributed by atoms with Crippen LogP contribution in [-0.4, -0.2) is 30.2 Å². The molecular weight excluding hydrogens is 318 g/mol. The average Bonchev–Trinajstić information content (AvgIpc) is 3.14. The summed E-state index contributed by atoms with van der Waals surface area (Å²) >= 11 is 0. The topological polar surface area (TPSA) is 99.0 Å². The summed E-state index contributed by atoms with van der Waals surface area (Å²) in [5.74, 6) is -0.596. The van der Waals surface area contributed by atoms with Crippen LogP contribution in [-0.2, 0) is 0 Å². The van der Waals surface area contributed by atoms with Gasteiger partial charge in [0.1, 0.15) is 17.8 Å². The summed E-state index contributed by atoms with van der Waals surface area (Å²) in [5.41, 5.74) is 8.67. The summed E-state index contributed by atoms with van der Waals surface area (Å²) in [5, 5.41) is 10.9. The Bertz CT molecular complexity index is 1120. The van der Waals surface area contributed by atoms with E-state index in [1.807, 2.05) is 33.5 Å². The number of nitrogens with two attached hydrogens (primary N) is 1. The van der Waals surface area contributed by atoms with Crippen LogP contribution in [0.3, 0.4) is 0 Å². The molecule has 0 aliphatic heterocycles. The third-order valence-corrected chi connectivity index (χ3v) is 4.38. The van der Waals surface area contributed by atoms with Gasteiger partial charge in [0.05, 0.1) is 22.2 Å². The van der Waals surface area contributed by atoms with E-state index in [2.05, 4.69) is 23.8 Å². The molecule has 0 saturated carbocycles. The minimum atomic E-state index is -0.966. The van der Waals surface area contributed by atoms with E-state index in [1.165, 1.54) is 6.33 Å². The predicted molar refractivity (Wildman–Crippen MR) is 96.1 cm³/mol. The van der Waals surface area contributed by atoms with Gasteiger partial charge in [0, 0.05) is 23.8 Å². The fraction of sp³-hybridized carbons (Fsp3) is 0.167. The fourth-order valence-electron chi connectivity index (χ4n) is 3.21. The summed E-state index contributed by atoms with van der Waals surface area (Å²) in [6, 6.07) is 7.57. The predicted octanol–water partition coefficient (Wildman–Crippen LogP) is 3.24. The summed E-state index contributed by atoms with van der Waals surface area (Å²) in [4.78, 5) is 20.1. The van der Waals surface area contributed by atoms with Crippen LogP contribution in [0.2, 0.25) is 0 Å². The Kier molecular flexibility index (Phi) is 3.24. The first kappa shape index (κ1) is 15.2. The molecule has 4 aromatic rings. The standard InChI is InChI=1S/C18H17N5O2/c1-10(2)22-8-14(15-16(19)20-9-21-17(15)22)23-7-12(18(24)25)11-5-3-4-6-13(11)23/h3-10H,1-2H3,(H,24,25)(H2,19,20,21). The highest BCUT2D eigenvalue weighted by Crippen LogP contribution is 2.33. The molecule has 4 rings (SSSR count). The van der Waals surface area contributed by atoms with Gasteiger partial charge in [-0.15, -0.1) is 0 Å². The Balaban J connectivity index is 2.13. The number of nitrogen functional groups attached to an aromatic ring is 1. The molecule has 0 fully saturated rings. The maximum atomic E-state index is 11.6. The van der Waals surface area contributed by atoms with E-state index >= 15 is 0 Å². The van der Waals surface area contributed by atoms with Crippen molar-refractivity contribution in [1.82, 2.24) is 19.1 Å². The molecule has 1 aromatic carbocycles. The quantitative estimate of drug-likeness (QED) is 0.599. The largest absolute Gasteiger partial charge is 0.478 e. The maximum Gasteiger partial charge on any atom is 0.337 e. The Labute approximate surface area is 143 Å². The number of benzene rings is 1. The van der Waals surface area contributed by atoms with Crippen molar-refractivity contribution >= 4 is 33.7 Å². The van der Waals surface area contributed by atoms with Gasteiger partial charge in [-0.3, -0.25) is 0 Å². The monoisotopic (exact) mass is 335 g/mol. The summed E-state index contributed by atoms with van der Waals surface area (Å²) in [6.45, 7) is 4.11. The zero-order chi connectivity index (χ0) is 17.7. The summed E-state index contributed by atoms with van der Waals surface area (Å²) in [7, 11) is 0. The van der Waals surface area contributed by atoms with Crippen molar-refractivity contribution in [2.24, 2.45) is 0 Å². The second-order valence-electron chi connectivity index (χ2n) is 6.21. The maximum absolute atomic E-state index is 11.6. The smallest absolute Gasteiger partial charge is 0.337 e. The van der Waals surface area contributed by atoms with Gasteiger partial charge in [0.15, 0.2) is 0 Å². The number of rotatable bonds is 3. The lowest BCUT2D eigenvalue weighted by Crippen LogP contribution is -2.00. The highest BCUT2D eigenvalue weighted by molar-refractivity contribution is 6.05. The lowest BCUT2D eigenvalue weighted by Gasteiger charge is -2.07. The normalized spacial score (nSPS) is 11.6. The Morgan fingerprint density at radius 3 is 2.68 bits per heavy atom. The number of para-hydroxylation sites is 1. The summed E-state index contributed by atoms with van der Waals surface area (Å²) in [6.07, 6.45) is 5.01. The van der Waals surface area contributed by atoms with Gasteiger partial charge in [0.25, 0.3) is 0 Å². The Morgan fingerprint density at radius 1 is 1.20 bits per heavy atom. The van der Waals surface area contributed by atoms with Crippen LogP contribution in [0.1, 0.15) is 30.2 Å². The zero-order valence-corrected chi connectivity index (χ0v) is 13.8. The van der Waals surface area contributed by atoms with Crippen molar-refractivity contribution in [3.8, 4) is 5.69 Å². The first-order valence-electron chi connectivity index (χ1n) is 7.93. The van der Waals surface area contributed by atoms with Crippen molar-refractivity contribution in [3.05, 3.63) is 48.5 Å². The van der Waals surface area contributed by atoms with Crippen molar-refractivity contribution in [3.63, 3.8) is 0 Å². The van der Waals surface area contributed by atoms with Gasteiger partial charge >= 0.3 is 5.97 Å². The van der Waals surface area contributed by atoms with Crippen molar-refractivity contribution < 1.29 is 9.90 Å². The number of hydrogen-bond donors (Lipinski definition) is 2. The number of hydrogen-bond acceptors (Lipinski definition) is 4. The number of aromatic nitrogens is 4. The van der Waals surface area contributed by atoms with Gasteiger partial charge in [-0.2, -0.15) is 0 Å². The zero-order valence-electron chi connectivity index (χ0n) is 13.8. The molecule has 0 aliphatic carbocycles. The van der Waals surface area contributed by atoms with Crippen LogP contribution in [0.15, 0.2) is 43.0 Å². The minimum absolute atomic E-state index is 0.173. The first-order valence-corrected chi connectivity index (χ1v) is 7.93. The highest BCUT2D eigenvalue weighted by Gasteiger charge is 2.20. The van der Waals surface area contributed by atoms with Gasteiger partial charge in [0.2, 0.25) is 0 Å².